The number of imidazole rings is 1. The van der Waals surface area contributed by atoms with Crippen molar-refractivity contribution >= 4 is 16.9 Å². The second-order valence-electron chi connectivity index (χ2n) is 6.08. The van der Waals surface area contributed by atoms with Gasteiger partial charge in [0, 0.05) is 17.5 Å². The summed E-state index contributed by atoms with van der Waals surface area (Å²) < 4.78 is 2.08. The topological polar surface area (TPSA) is 49.6 Å². The molecule has 4 rings (SSSR count). The second-order valence-corrected chi connectivity index (χ2v) is 6.08. The van der Waals surface area contributed by atoms with Gasteiger partial charge in [-0.3, -0.25) is 0 Å². The molecule has 0 aliphatic carbocycles. The first-order valence-corrected chi connectivity index (χ1v) is 7.75. The lowest BCUT2D eigenvalue weighted by atomic mass is 9.88. The summed E-state index contributed by atoms with van der Waals surface area (Å²) in [7, 11) is 0. The van der Waals surface area contributed by atoms with Crippen molar-refractivity contribution in [1.29, 1.82) is 0 Å². The van der Waals surface area contributed by atoms with Gasteiger partial charge in [0.05, 0.1) is 17.4 Å². The van der Waals surface area contributed by atoms with E-state index in [1.54, 1.807) is 0 Å². The van der Waals surface area contributed by atoms with Crippen molar-refractivity contribution in [2.24, 2.45) is 0 Å². The van der Waals surface area contributed by atoms with E-state index >= 15 is 0 Å². The Bertz CT molecular complexity index is 911. The predicted molar refractivity (Wildman–Crippen MR) is 92.5 cm³/mol. The molecule has 116 valence electrons. The van der Waals surface area contributed by atoms with Gasteiger partial charge in [-0.2, -0.15) is 0 Å². The molecule has 4 nitrogen and oxygen atoms in total. The predicted octanol–water partition coefficient (Wildman–Crippen LogP) is 3.49. The van der Waals surface area contributed by atoms with Crippen molar-refractivity contribution < 1.29 is 5.11 Å². The van der Waals surface area contributed by atoms with Gasteiger partial charge in [0.1, 0.15) is 6.10 Å². The van der Waals surface area contributed by atoms with Crippen molar-refractivity contribution in [1.82, 2.24) is 9.38 Å². The molecule has 4 heteroatoms. The van der Waals surface area contributed by atoms with E-state index in [-0.39, 0.29) is 6.04 Å². The van der Waals surface area contributed by atoms with Gasteiger partial charge in [-0.05, 0) is 31.1 Å². The maximum atomic E-state index is 10.7. The van der Waals surface area contributed by atoms with Gasteiger partial charge >= 0.3 is 0 Å². The average Bonchev–Trinajstić information content (AvgIpc) is 2.86. The van der Waals surface area contributed by atoms with E-state index in [9.17, 15) is 5.11 Å². The summed E-state index contributed by atoms with van der Waals surface area (Å²) in [6, 6.07) is 11.7. The van der Waals surface area contributed by atoms with Crippen molar-refractivity contribution in [2.75, 3.05) is 5.32 Å². The molecule has 0 radical (unpaired) electrons. The van der Waals surface area contributed by atoms with Crippen LogP contribution in [0.1, 0.15) is 28.6 Å². The zero-order valence-corrected chi connectivity index (χ0v) is 13.2. The van der Waals surface area contributed by atoms with Gasteiger partial charge in [-0.15, -0.1) is 0 Å². The third-order valence-electron chi connectivity index (χ3n) is 4.75. The van der Waals surface area contributed by atoms with E-state index in [0.29, 0.717) is 0 Å². The summed E-state index contributed by atoms with van der Waals surface area (Å²) in [6.07, 6.45) is 1.33. The largest absolute Gasteiger partial charge is 0.386 e. The minimum Gasteiger partial charge on any atom is -0.386 e. The first-order valence-electron chi connectivity index (χ1n) is 7.75. The number of hydrogen-bond donors (Lipinski definition) is 2. The number of aromatic nitrogens is 2. The molecular weight excluding hydrogens is 286 g/mol. The van der Waals surface area contributed by atoms with E-state index < -0.39 is 6.10 Å². The Morgan fingerprint density at radius 2 is 1.91 bits per heavy atom. The molecule has 0 saturated carbocycles. The molecular formula is C19H19N3O. The van der Waals surface area contributed by atoms with Gasteiger partial charge in [0.25, 0.3) is 0 Å². The van der Waals surface area contributed by atoms with E-state index in [4.69, 9.17) is 4.98 Å². The molecule has 2 N–H and O–H groups in total. The van der Waals surface area contributed by atoms with E-state index in [0.717, 1.165) is 39.4 Å². The Hall–Kier alpha value is -2.59. The van der Waals surface area contributed by atoms with Gasteiger partial charge < -0.3 is 14.8 Å². The fourth-order valence-corrected chi connectivity index (χ4v) is 3.27. The number of aliphatic hydroxyl groups is 1. The van der Waals surface area contributed by atoms with Gasteiger partial charge in [-0.1, -0.05) is 36.9 Å². The summed E-state index contributed by atoms with van der Waals surface area (Å²) in [4.78, 5) is 4.69. The first-order chi connectivity index (χ1) is 11.1. The molecule has 2 atom stereocenters. The molecule has 2 aromatic heterocycles. The number of aryl methyl sites for hydroxylation is 2. The van der Waals surface area contributed by atoms with Crippen LogP contribution in [0.25, 0.3) is 11.2 Å². The summed E-state index contributed by atoms with van der Waals surface area (Å²) in [6.45, 7) is 8.19. The number of rotatable bonds is 1. The van der Waals surface area contributed by atoms with Gasteiger partial charge in [-0.25, -0.2) is 4.98 Å². The number of aliphatic hydroxyl groups excluding tert-OH is 1. The quantitative estimate of drug-likeness (QED) is 0.723. The molecule has 3 aromatic rings. The molecule has 0 bridgehead atoms. The van der Waals surface area contributed by atoms with Crippen molar-refractivity contribution in [2.45, 2.75) is 26.0 Å². The lowest BCUT2D eigenvalue weighted by Gasteiger charge is -2.33. The number of pyridine rings is 1. The Morgan fingerprint density at radius 1 is 1.17 bits per heavy atom. The Labute approximate surface area is 135 Å². The number of fused-ring (bicyclic) bond motifs is 3. The highest BCUT2D eigenvalue weighted by Gasteiger charge is 2.32. The molecule has 0 spiro atoms. The minimum absolute atomic E-state index is 0.222. The van der Waals surface area contributed by atoms with Crippen molar-refractivity contribution in [3.63, 3.8) is 0 Å². The SMILES string of the molecule is C=C1c2ccn3c(C)c(C)nc3c2N[C@H](c2ccccc2)[C@H]1O. The van der Waals surface area contributed by atoms with E-state index in [1.807, 2.05) is 49.5 Å². The maximum absolute atomic E-state index is 10.7. The third kappa shape index (κ3) is 1.99. The van der Waals surface area contributed by atoms with Crippen LogP contribution >= 0.6 is 0 Å². The van der Waals surface area contributed by atoms with Crippen LogP contribution in [0.15, 0.2) is 49.2 Å². The van der Waals surface area contributed by atoms with Crippen LogP contribution in [0.2, 0.25) is 0 Å². The Morgan fingerprint density at radius 3 is 2.65 bits per heavy atom. The molecule has 0 saturated heterocycles. The zero-order chi connectivity index (χ0) is 16.1. The highest BCUT2D eigenvalue weighted by atomic mass is 16.3. The standard InChI is InChI=1S/C19H19N3O/c1-11-15-9-10-22-13(3)12(2)20-19(22)17(15)21-16(18(11)23)14-7-5-4-6-8-14/h4-10,16,18,21,23H,1H2,2-3H3/t16-,18+/m1/s1. The molecule has 23 heavy (non-hydrogen) atoms. The smallest absolute Gasteiger partial charge is 0.161 e. The monoisotopic (exact) mass is 305 g/mol. The Balaban J connectivity index is 1.92. The number of nitrogens with one attached hydrogen (secondary N) is 1. The number of nitrogens with zero attached hydrogens (tertiary/aromatic N) is 2. The molecule has 1 aliphatic heterocycles. The zero-order valence-electron chi connectivity index (χ0n) is 13.2. The van der Waals surface area contributed by atoms with E-state index in [1.165, 1.54) is 0 Å². The third-order valence-corrected chi connectivity index (χ3v) is 4.75. The fourth-order valence-electron chi connectivity index (χ4n) is 3.27. The highest BCUT2D eigenvalue weighted by molar-refractivity contribution is 5.88. The molecule has 0 amide bonds. The molecule has 3 heterocycles. The highest BCUT2D eigenvalue weighted by Crippen LogP contribution is 2.41. The lowest BCUT2D eigenvalue weighted by molar-refractivity contribution is 0.207. The normalized spacial score (nSPS) is 20.4. The van der Waals surface area contributed by atoms with Gasteiger partial charge in [0.2, 0.25) is 0 Å². The van der Waals surface area contributed by atoms with Crippen LogP contribution in [0.5, 0.6) is 0 Å². The van der Waals surface area contributed by atoms with E-state index in [2.05, 4.69) is 23.2 Å². The number of hydrogen-bond acceptors (Lipinski definition) is 3. The number of benzene rings is 1. The number of anilines is 1. The van der Waals surface area contributed by atoms with Crippen LogP contribution in [-0.4, -0.2) is 20.6 Å². The van der Waals surface area contributed by atoms with Crippen LogP contribution < -0.4 is 5.32 Å². The molecule has 1 aromatic carbocycles. The van der Waals surface area contributed by atoms with Crippen LogP contribution in [0.3, 0.4) is 0 Å². The molecule has 0 fully saturated rings. The molecule has 1 aliphatic rings. The first kappa shape index (κ1) is 14.0. The molecule has 0 unspecified atom stereocenters. The summed E-state index contributed by atoms with van der Waals surface area (Å²) in [5.74, 6) is 0. The van der Waals surface area contributed by atoms with Gasteiger partial charge in [0.15, 0.2) is 5.65 Å². The fraction of sp³-hybridized carbons (Fsp3) is 0.211. The maximum Gasteiger partial charge on any atom is 0.161 e. The van der Waals surface area contributed by atoms with Crippen molar-refractivity contribution in [3.05, 3.63) is 71.7 Å². The Kier molecular flexibility index (Phi) is 3.03. The minimum atomic E-state index is -0.662. The second kappa shape index (κ2) is 4.96. The van der Waals surface area contributed by atoms with Crippen LogP contribution in [0.4, 0.5) is 5.69 Å². The lowest BCUT2D eigenvalue weighted by Crippen LogP contribution is -2.31. The van der Waals surface area contributed by atoms with Crippen LogP contribution in [0, 0.1) is 13.8 Å². The summed E-state index contributed by atoms with van der Waals surface area (Å²) in [5.41, 5.74) is 6.65. The van der Waals surface area contributed by atoms with Crippen molar-refractivity contribution in [3.8, 4) is 0 Å². The average molecular weight is 305 g/mol. The van der Waals surface area contributed by atoms with Crippen LogP contribution in [-0.2, 0) is 0 Å². The summed E-state index contributed by atoms with van der Waals surface area (Å²) >= 11 is 0. The summed E-state index contributed by atoms with van der Waals surface area (Å²) in [5, 5.41) is 14.2.